The molecule has 1 amide bonds. The number of nitrogens with one attached hydrogen (secondary N) is 2. The van der Waals surface area contributed by atoms with E-state index in [2.05, 4.69) is 10.0 Å². The van der Waals surface area contributed by atoms with Gasteiger partial charge in [-0.15, -0.1) is 10.8 Å². The molecule has 7 nitrogen and oxygen atoms in total. The second-order valence-electron chi connectivity index (χ2n) is 6.00. The van der Waals surface area contributed by atoms with E-state index in [1.807, 2.05) is 19.1 Å². The molecule has 0 bridgehead atoms. The summed E-state index contributed by atoms with van der Waals surface area (Å²) in [7, 11) is -3.00. The van der Waals surface area contributed by atoms with Crippen LogP contribution in [0.25, 0.3) is 0 Å². The molecule has 1 aromatic rings. The normalized spacial score (nSPS) is 20.4. The van der Waals surface area contributed by atoms with Crippen molar-refractivity contribution in [2.45, 2.75) is 50.0 Å². The quantitative estimate of drug-likeness (QED) is 0.477. The lowest BCUT2D eigenvalue weighted by molar-refractivity contribution is 0.194. The van der Waals surface area contributed by atoms with Crippen LogP contribution >= 0.6 is 10.8 Å². The minimum absolute atomic E-state index is 0.130. The Kier molecular flexibility index (Phi) is 6.73. The maximum absolute atomic E-state index is 10.3. The molecule has 1 heterocycles. The van der Waals surface area contributed by atoms with Crippen molar-refractivity contribution in [2.24, 2.45) is 0 Å². The highest BCUT2D eigenvalue weighted by Gasteiger charge is 2.26. The van der Waals surface area contributed by atoms with Crippen LogP contribution in [-0.4, -0.2) is 39.5 Å². The van der Waals surface area contributed by atoms with E-state index < -0.39 is 16.9 Å². The number of hydrogen-bond donors (Lipinski definition) is 5. The van der Waals surface area contributed by atoms with Crippen LogP contribution in [0.5, 0.6) is 5.75 Å². The predicted molar refractivity (Wildman–Crippen MR) is 93.8 cm³/mol. The first-order chi connectivity index (χ1) is 11.4. The largest absolute Gasteiger partial charge is 0.487 e. The zero-order chi connectivity index (χ0) is 17.6. The Morgan fingerprint density at radius 2 is 2.08 bits per heavy atom. The van der Waals surface area contributed by atoms with Gasteiger partial charge in [-0.25, -0.2) is 9.52 Å². The van der Waals surface area contributed by atoms with Crippen molar-refractivity contribution in [3.63, 3.8) is 0 Å². The van der Waals surface area contributed by atoms with Crippen LogP contribution in [0.2, 0.25) is 0 Å². The lowest BCUT2D eigenvalue weighted by Crippen LogP contribution is -2.27. The van der Waals surface area contributed by atoms with Crippen LogP contribution in [-0.2, 0) is 6.42 Å². The van der Waals surface area contributed by atoms with Crippen molar-refractivity contribution in [1.29, 1.82) is 0 Å². The van der Waals surface area contributed by atoms with Crippen LogP contribution in [0.3, 0.4) is 0 Å². The SMILES string of the molecule is C[C@@H]1CNS(O)(O)c2ccc(CCCCCCNC(=O)O)cc2O1. The van der Waals surface area contributed by atoms with Gasteiger partial charge in [-0.1, -0.05) is 18.9 Å². The third-order valence-corrected chi connectivity index (χ3v) is 5.40. The number of hydrogen-bond acceptors (Lipinski definition) is 5. The van der Waals surface area contributed by atoms with E-state index in [9.17, 15) is 13.9 Å². The van der Waals surface area contributed by atoms with Gasteiger partial charge in [0.1, 0.15) is 16.7 Å². The average molecular weight is 358 g/mol. The smallest absolute Gasteiger partial charge is 0.404 e. The molecule has 8 heteroatoms. The maximum Gasteiger partial charge on any atom is 0.404 e. The predicted octanol–water partition coefficient (Wildman–Crippen LogP) is 3.45. The molecule has 1 atom stereocenters. The summed E-state index contributed by atoms with van der Waals surface area (Å²) >= 11 is 0. The molecule has 1 aromatic carbocycles. The Labute approximate surface area is 143 Å². The number of benzene rings is 1. The zero-order valence-electron chi connectivity index (χ0n) is 13.8. The van der Waals surface area contributed by atoms with Crippen LogP contribution < -0.4 is 14.8 Å². The van der Waals surface area contributed by atoms with E-state index in [0.29, 0.717) is 23.7 Å². The molecule has 0 spiro atoms. The fourth-order valence-electron chi connectivity index (χ4n) is 2.61. The summed E-state index contributed by atoms with van der Waals surface area (Å²) in [5.74, 6) is 0.538. The summed E-state index contributed by atoms with van der Waals surface area (Å²) in [5.41, 5.74) is 1.10. The molecule has 0 unspecified atom stereocenters. The van der Waals surface area contributed by atoms with Gasteiger partial charge in [0.2, 0.25) is 0 Å². The molecule has 5 N–H and O–H groups in total. The summed E-state index contributed by atoms with van der Waals surface area (Å²) in [6.45, 7) is 2.76. The zero-order valence-corrected chi connectivity index (χ0v) is 14.6. The second-order valence-corrected chi connectivity index (χ2v) is 7.83. The molecule has 1 aliphatic heterocycles. The number of carbonyl (C=O) groups is 1. The van der Waals surface area contributed by atoms with Gasteiger partial charge in [0.25, 0.3) is 0 Å². The molecule has 136 valence electrons. The topological polar surface area (TPSA) is 111 Å². The average Bonchev–Trinajstić information content (AvgIpc) is 2.62. The van der Waals surface area contributed by atoms with Gasteiger partial charge in [-0.05, 0) is 43.9 Å². The van der Waals surface area contributed by atoms with Gasteiger partial charge in [0, 0.05) is 6.54 Å². The first-order valence-electron chi connectivity index (χ1n) is 8.18. The first kappa shape index (κ1) is 18.9. The van der Waals surface area contributed by atoms with Crippen molar-refractivity contribution in [3.8, 4) is 5.75 Å². The van der Waals surface area contributed by atoms with E-state index in [-0.39, 0.29) is 6.10 Å². The molecule has 0 fully saturated rings. The Hall–Kier alpha value is -1.48. The molecule has 0 radical (unpaired) electrons. The number of carboxylic acid groups (broad SMARTS) is 1. The molecular formula is C16H26N2O5S. The number of fused-ring (bicyclic) bond motifs is 1. The van der Waals surface area contributed by atoms with Gasteiger partial charge in [-0.3, -0.25) is 9.11 Å². The maximum atomic E-state index is 10.3. The molecule has 0 saturated heterocycles. The summed E-state index contributed by atoms with van der Waals surface area (Å²) in [4.78, 5) is 10.7. The lowest BCUT2D eigenvalue weighted by Gasteiger charge is -2.31. The van der Waals surface area contributed by atoms with E-state index in [1.54, 1.807) is 6.07 Å². The van der Waals surface area contributed by atoms with Crippen LogP contribution in [0.1, 0.15) is 38.2 Å². The van der Waals surface area contributed by atoms with Crippen molar-refractivity contribution in [3.05, 3.63) is 23.8 Å². The van der Waals surface area contributed by atoms with Gasteiger partial charge in [0.05, 0.1) is 6.54 Å². The molecule has 24 heavy (non-hydrogen) atoms. The standard InChI is InChI=1S/C16H26N2O5S/c1-12-11-18-24(21,22)15-8-7-13(10-14(15)23-12)6-4-2-3-5-9-17-16(19)20/h7-8,10,12,17-18,21-22H,2-6,9,11H2,1H3,(H,19,20)/t12-/m1/s1. The first-order valence-corrected chi connectivity index (χ1v) is 9.72. The number of ether oxygens (including phenoxy) is 1. The van der Waals surface area contributed by atoms with Gasteiger partial charge in [-0.2, -0.15) is 0 Å². The molecule has 0 aromatic heterocycles. The van der Waals surface area contributed by atoms with Crippen LogP contribution in [0.4, 0.5) is 4.79 Å². The minimum atomic E-state index is -3.00. The van der Waals surface area contributed by atoms with Crippen molar-refractivity contribution in [2.75, 3.05) is 13.1 Å². The van der Waals surface area contributed by atoms with Crippen LogP contribution in [0.15, 0.2) is 23.1 Å². The molecule has 0 aliphatic carbocycles. The third kappa shape index (κ3) is 5.55. The van der Waals surface area contributed by atoms with Gasteiger partial charge in [0.15, 0.2) is 0 Å². The highest BCUT2D eigenvalue weighted by molar-refractivity contribution is 8.22. The number of unbranched alkanes of at least 4 members (excludes halogenated alkanes) is 3. The third-order valence-electron chi connectivity index (χ3n) is 3.88. The van der Waals surface area contributed by atoms with E-state index in [4.69, 9.17) is 9.84 Å². The summed E-state index contributed by atoms with van der Waals surface area (Å²) < 4.78 is 28.8. The van der Waals surface area contributed by atoms with E-state index in [0.717, 1.165) is 37.7 Å². The number of rotatable bonds is 7. The Morgan fingerprint density at radius 1 is 1.33 bits per heavy atom. The molecule has 1 aliphatic rings. The molecule has 2 rings (SSSR count). The molecular weight excluding hydrogens is 332 g/mol. The Bertz CT molecular complexity index is 567. The van der Waals surface area contributed by atoms with Gasteiger partial charge >= 0.3 is 6.09 Å². The summed E-state index contributed by atoms with van der Waals surface area (Å²) in [6.07, 6.45) is 3.60. The number of amides is 1. The monoisotopic (exact) mass is 358 g/mol. The van der Waals surface area contributed by atoms with Crippen LogP contribution in [0, 0.1) is 0 Å². The molecule has 0 saturated carbocycles. The number of aryl methyl sites for hydroxylation is 1. The van der Waals surface area contributed by atoms with E-state index in [1.165, 1.54) is 0 Å². The highest BCUT2D eigenvalue weighted by atomic mass is 32.3. The minimum Gasteiger partial charge on any atom is -0.487 e. The van der Waals surface area contributed by atoms with Gasteiger partial charge < -0.3 is 15.2 Å². The second kappa shape index (κ2) is 8.57. The summed E-state index contributed by atoms with van der Waals surface area (Å²) in [6, 6.07) is 5.51. The summed E-state index contributed by atoms with van der Waals surface area (Å²) in [5, 5.41) is 10.8. The fraction of sp³-hybridized carbons (Fsp3) is 0.562. The lowest BCUT2D eigenvalue weighted by atomic mass is 10.1. The highest BCUT2D eigenvalue weighted by Crippen LogP contribution is 2.50. The fourth-order valence-corrected chi connectivity index (χ4v) is 3.88. The Morgan fingerprint density at radius 3 is 2.83 bits per heavy atom. The van der Waals surface area contributed by atoms with Crippen molar-refractivity contribution >= 4 is 16.9 Å². The van der Waals surface area contributed by atoms with E-state index >= 15 is 0 Å². The van der Waals surface area contributed by atoms with Crippen molar-refractivity contribution in [1.82, 2.24) is 10.0 Å². The van der Waals surface area contributed by atoms with Crippen molar-refractivity contribution < 1.29 is 23.7 Å². The Balaban J connectivity index is 1.84.